The number of hydrogen-bond acceptors (Lipinski definition) is 3. The molecule has 2 N–H and O–H groups in total. The second kappa shape index (κ2) is 11.4. The van der Waals surface area contributed by atoms with Gasteiger partial charge in [-0.15, -0.1) is 0 Å². The van der Waals surface area contributed by atoms with Crippen molar-refractivity contribution >= 4 is 11.9 Å². The summed E-state index contributed by atoms with van der Waals surface area (Å²) in [6.45, 7) is 13.2. The first-order chi connectivity index (χ1) is 12.7. The van der Waals surface area contributed by atoms with Crippen molar-refractivity contribution in [2.24, 2.45) is 10.9 Å². The first kappa shape index (κ1) is 21.0. The largest absolute Gasteiger partial charge is 0.357 e. The number of aliphatic imine (C=N–C) groups is 1. The van der Waals surface area contributed by atoms with Gasteiger partial charge in [0.1, 0.15) is 0 Å². The zero-order chi connectivity index (χ0) is 18.8. The molecule has 150 valence electrons. The van der Waals surface area contributed by atoms with Gasteiger partial charge in [0.25, 0.3) is 0 Å². The maximum absolute atomic E-state index is 12.6. The van der Waals surface area contributed by atoms with Gasteiger partial charge in [-0.25, -0.2) is 0 Å². The molecular weight excluding hydrogens is 326 g/mol. The maximum atomic E-state index is 12.6. The van der Waals surface area contributed by atoms with E-state index in [1.807, 2.05) is 0 Å². The molecule has 0 aromatic heterocycles. The van der Waals surface area contributed by atoms with E-state index >= 15 is 0 Å². The highest BCUT2D eigenvalue weighted by molar-refractivity contribution is 5.81. The fourth-order valence-corrected chi connectivity index (χ4v) is 4.05. The van der Waals surface area contributed by atoms with E-state index in [0.29, 0.717) is 11.9 Å². The molecule has 0 radical (unpaired) electrons. The van der Waals surface area contributed by atoms with E-state index in [2.05, 4.69) is 41.2 Å². The summed E-state index contributed by atoms with van der Waals surface area (Å²) >= 11 is 0. The molecule has 1 heterocycles. The van der Waals surface area contributed by atoms with E-state index in [-0.39, 0.29) is 5.92 Å². The van der Waals surface area contributed by atoms with Crippen LogP contribution in [0, 0.1) is 5.92 Å². The van der Waals surface area contributed by atoms with Crippen LogP contribution in [0.5, 0.6) is 0 Å². The van der Waals surface area contributed by atoms with Crippen molar-refractivity contribution < 1.29 is 4.79 Å². The minimum absolute atomic E-state index is 0.288. The number of amides is 1. The van der Waals surface area contributed by atoms with E-state index < -0.39 is 0 Å². The number of nitrogens with one attached hydrogen (secondary N) is 2. The summed E-state index contributed by atoms with van der Waals surface area (Å²) in [6.07, 6.45) is 6.71. The normalized spacial score (nSPS) is 21.6. The average molecular weight is 366 g/mol. The minimum atomic E-state index is 0.288. The molecule has 0 aromatic carbocycles. The fraction of sp³-hybridized carbons (Fsp3) is 0.900. The van der Waals surface area contributed by atoms with Crippen LogP contribution in [-0.4, -0.2) is 73.5 Å². The van der Waals surface area contributed by atoms with Gasteiger partial charge in [0.15, 0.2) is 5.96 Å². The summed E-state index contributed by atoms with van der Waals surface area (Å²) < 4.78 is 0. The van der Waals surface area contributed by atoms with Crippen molar-refractivity contribution in [1.82, 2.24) is 20.4 Å². The lowest BCUT2D eigenvalue weighted by Gasteiger charge is -2.21. The van der Waals surface area contributed by atoms with Crippen molar-refractivity contribution in [2.45, 2.75) is 65.3 Å². The monoisotopic (exact) mass is 365 g/mol. The third-order valence-electron chi connectivity index (χ3n) is 5.69. The van der Waals surface area contributed by atoms with Crippen molar-refractivity contribution in [3.63, 3.8) is 0 Å². The predicted octanol–water partition coefficient (Wildman–Crippen LogP) is 2.06. The average Bonchev–Trinajstić information content (AvgIpc) is 3.33. The zero-order valence-corrected chi connectivity index (χ0v) is 17.1. The van der Waals surface area contributed by atoms with Crippen LogP contribution in [0.25, 0.3) is 0 Å². The Bertz CT molecular complexity index is 443. The Balaban J connectivity index is 1.76. The summed E-state index contributed by atoms with van der Waals surface area (Å²) in [5.74, 6) is 1.57. The molecule has 2 fully saturated rings. The Kier molecular flexibility index (Phi) is 9.23. The van der Waals surface area contributed by atoms with Gasteiger partial charge < -0.3 is 20.4 Å². The molecule has 0 bridgehead atoms. The quantitative estimate of drug-likeness (QED) is 0.373. The fourth-order valence-electron chi connectivity index (χ4n) is 4.05. The molecule has 1 atom stereocenters. The highest BCUT2D eigenvalue weighted by Crippen LogP contribution is 2.27. The molecule has 1 saturated heterocycles. The Labute approximate surface area is 159 Å². The molecule has 2 rings (SSSR count). The van der Waals surface area contributed by atoms with E-state index in [1.165, 1.54) is 12.8 Å². The van der Waals surface area contributed by atoms with E-state index in [1.54, 1.807) is 0 Å². The predicted molar refractivity (Wildman–Crippen MR) is 108 cm³/mol. The number of carbonyl (C=O) groups is 1. The van der Waals surface area contributed by atoms with E-state index in [4.69, 9.17) is 4.99 Å². The van der Waals surface area contributed by atoms with Gasteiger partial charge in [-0.1, -0.05) is 26.7 Å². The van der Waals surface area contributed by atoms with Crippen LogP contribution in [0.2, 0.25) is 0 Å². The molecule has 1 aliphatic heterocycles. The lowest BCUT2D eigenvalue weighted by atomic mass is 10.1. The second-order valence-electron chi connectivity index (χ2n) is 7.54. The molecule has 6 heteroatoms. The smallest absolute Gasteiger partial charge is 0.225 e. The van der Waals surface area contributed by atoms with E-state index in [9.17, 15) is 4.79 Å². The van der Waals surface area contributed by atoms with Crippen LogP contribution in [0.1, 0.15) is 59.3 Å². The standard InChI is InChI=1S/C20H39N5O/c1-4-21-20(22-13-9-14-24(5-2)6-3)23-18-12-15-25(16-18)19(26)17-10-7-8-11-17/h17-18H,4-16H2,1-3H3,(H2,21,22,23). The van der Waals surface area contributed by atoms with Crippen LogP contribution < -0.4 is 10.6 Å². The Morgan fingerprint density at radius 2 is 1.88 bits per heavy atom. The van der Waals surface area contributed by atoms with Gasteiger partial charge in [0, 0.05) is 38.1 Å². The third kappa shape index (κ3) is 6.45. The molecule has 2 aliphatic rings. The van der Waals surface area contributed by atoms with Crippen LogP contribution >= 0.6 is 0 Å². The van der Waals surface area contributed by atoms with Crippen molar-refractivity contribution in [3.05, 3.63) is 0 Å². The van der Waals surface area contributed by atoms with Crippen LogP contribution in [0.3, 0.4) is 0 Å². The Morgan fingerprint density at radius 1 is 1.15 bits per heavy atom. The summed E-state index contributed by atoms with van der Waals surface area (Å²) in [5, 5.41) is 6.89. The number of hydrogen-bond donors (Lipinski definition) is 2. The topological polar surface area (TPSA) is 60.0 Å². The highest BCUT2D eigenvalue weighted by atomic mass is 16.2. The number of carbonyl (C=O) groups excluding carboxylic acids is 1. The summed E-state index contributed by atoms with van der Waals surface area (Å²) in [4.78, 5) is 21.8. The van der Waals surface area contributed by atoms with Gasteiger partial charge in [-0.2, -0.15) is 0 Å². The van der Waals surface area contributed by atoms with Gasteiger partial charge in [0.05, 0.1) is 0 Å². The molecule has 26 heavy (non-hydrogen) atoms. The van der Waals surface area contributed by atoms with Gasteiger partial charge in [-0.3, -0.25) is 9.79 Å². The molecule has 6 nitrogen and oxygen atoms in total. The molecule has 0 aromatic rings. The lowest BCUT2D eigenvalue weighted by Crippen LogP contribution is -2.45. The number of guanidine groups is 1. The zero-order valence-electron chi connectivity index (χ0n) is 17.1. The Hall–Kier alpha value is -1.30. The van der Waals surface area contributed by atoms with Gasteiger partial charge in [0.2, 0.25) is 5.91 Å². The number of rotatable bonds is 9. The van der Waals surface area contributed by atoms with Gasteiger partial charge in [-0.05, 0) is 52.2 Å². The molecule has 1 saturated carbocycles. The molecular formula is C20H39N5O. The highest BCUT2D eigenvalue weighted by Gasteiger charge is 2.32. The molecule has 1 unspecified atom stereocenters. The first-order valence-electron chi connectivity index (χ1n) is 10.7. The number of likely N-dealkylation sites (tertiary alicyclic amines) is 1. The Morgan fingerprint density at radius 3 is 2.54 bits per heavy atom. The van der Waals surface area contributed by atoms with Crippen molar-refractivity contribution in [2.75, 3.05) is 45.8 Å². The SMILES string of the molecule is CCNC(=NCCCN(CC)CC)NC1CCN(C(=O)C2CCCC2)C1. The van der Waals surface area contributed by atoms with Crippen LogP contribution in [0.4, 0.5) is 0 Å². The van der Waals surface area contributed by atoms with Crippen molar-refractivity contribution in [1.29, 1.82) is 0 Å². The minimum Gasteiger partial charge on any atom is -0.357 e. The summed E-state index contributed by atoms with van der Waals surface area (Å²) in [7, 11) is 0. The number of nitrogens with zero attached hydrogens (tertiary/aromatic N) is 3. The van der Waals surface area contributed by atoms with E-state index in [0.717, 1.165) is 77.5 Å². The van der Waals surface area contributed by atoms with Crippen LogP contribution in [-0.2, 0) is 4.79 Å². The first-order valence-corrected chi connectivity index (χ1v) is 10.7. The van der Waals surface area contributed by atoms with Crippen molar-refractivity contribution in [3.8, 4) is 0 Å². The lowest BCUT2D eigenvalue weighted by molar-refractivity contribution is -0.134. The van der Waals surface area contributed by atoms with Gasteiger partial charge >= 0.3 is 0 Å². The molecule has 1 amide bonds. The maximum Gasteiger partial charge on any atom is 0.225 e. The summed E-state index contributed by atoms with van der Waals surface area (Å²) in [5.41, 5.74) is 0. The third-order valence-corrected chi connectivity index (χ3v) is 5.69. The van der Waals surface area contributed by atoms with Crippen LogP contribution in [0.15, 0.2) is 4.99 Å². The second-order valence-corrected chi connectivity index (χ2v) is 7.54. The summed E-state index contributed by atoms with van der Waals surface area (Å²) in [6, 6.07) is 0.320. The molecule has 0 spiro atoms. The molecule has 1 aliphatic carbocycles.